The third kappa shape index (κ3) is 3.21. The van der Waals surface area contributed by atoms with Crippen LogP contribution in [0, 0.1) is 29.0 Å². The van der Waals surface area contributed by atoms with Crippen LogP contribution in [0.4, 0.5) is 9.39 Å². The summed E-state index contributed by atoms with van der Waals surface area (Å²) in [4.78, 5) is 28.1. The summed E-state index contributed by atoms with van der Waals surface area (Å²) in [6.45, 7) is 0.138. The summed E-state index contributed by atoms with van der Waals surface area (Å²) in [6, 6.07) is 6.51. The fourth-order valence-electron chi connectivity index (χ4n) is 7.19. The molecule has 7 rings (SSSR count). The number of rotatable bonds is 5. The minimum Gasteiger partial charge on any atom is -0.348 e. The molecule has 4 nitrogen and oxygen atoms in total. The Labute approximate surface area is 192 Å². The summed E-state index contributed by atoms with van der Waals surface area (Å²) in [5.41, 5.74) is 1.94. The fourth-order valence-corrected chi connectivity index (χ4v) is 8.48. The zero-order chi connectivity index (χ0) is 21.9. The van der Waals surface area contributed by atoms with Crippen LogP contribution in [0.25, 0.3) is 0 Å². The number of hydrogen-bond acceptors (Lipinski definition) is 3. The van der Waals surface area contributed by atoms with E-state index in [9.17, 15) is 14.0 Å². The van der Waals surface area contributed by atoms with Crippen molar-refractivity contribution in [3.63, 3.8) is 0 Å². The van der Waals surface area contributed by atoms with Crippen LogP contribution in [0.15, 0.2) is 24.3 Å². The molecule has 2 amide bonds. The molecule has 4 fully saturated rings. The van der Waals surface area contributed by atoms with E-state index < -0.39 is 0 Å². The second kappa shape index (κ2) is 7.68. The first-order valence-electron chi connectivity index (χ1n) is 12.0. The predicted octanol–water partition coefficient (Wildman–Crippen LogP) is 5.46. The summed E-state index contributed by atoms with van der Waals surface area (Å²) in [5.74, 6) is 1.53. The second-order valence-electron chi connectivity index (χ2n) is 10.3. The molecule has 0 aliphatic heterocycles. The lowest BCUT2D eigenvalue weighted by Gasteiger charge is -2.31. The molecule has 1 aromatic heterocycles. The maximum Gasteiger partial charge on any atom is 0.254 e. The summed E-state index contributed by atoms with van der Waals surface area (Å²) in [5, 5.41) is 6.86. The molecule has 4 saturated carbocycles. The molecule has 4 bridgehead atoms. The lowest BCUT2D eigenvalue weighted by Crippen LogP contribution is -2.37. The van der Waals surface area contributed by atoms with Gasteiger partial charge in [0.2, 0.25) is 5.91 Å². The van der Waals surface area contributed by atoms with Gasteiger partial charge >= 0.3 is 0 Å². The van der Waals surface area contributed by atoms with Gasteiger partial charge in [-0.05, 0) is 87.2 Å². The van der Waals surface area contributed by atoms with Crippen LogP contribution in [-0.2, 0) is 24.2 Å². The number of aryl methyl sites for hydroxylation is 1. The Bertz CT molecular complexity index is 1080. The van der Waals surface area contributed by atoms with Gasteiger partial charge in [0.1, 0.15) is 10.8 Å². The third-order valence-corrected chi connectivity index (χ3v) is 9.67. The number of hydrogen-bond donors (Lipinski definition) is 2. The quantitative estimate of drug-likeness (QED) is 0.633. The molecule has 0 saturated heterocycles. The van der Waals surface area contributed by atoms with Crippen molar-refractivity contribution < 1.29 is 14.0 Å². The smallest absolute Gasteiger partial charge is 0.254 e. The average molecular weight is 453 g/mol. The van der Waals surface area contributed by atoms with E-state index in [1.165, 1.54) is 30.2 Å². The van der Waals surface area contributed by atoms with Gasteiger partial charge in [-0.1, -0.05) is 18.2 Å². The second-order valence-corrected chi connectivity index (χ2v) is 11.4. The third-order valence-electron chi connectivity index (χ3n) is 8.46. The van der Waals surface area contributed by atoms with Crippen molar-refractivity contribution >= 4 is 28.2 Å². The number of fused-ring (bicyclic) bond motifs is 1. The van der Waals surface area contributed by atoms with E-state index in [4.69, 9.17) is 0 Å². The first-order chi connectivity index (χ1) is 15.5. The summed E-state index contributed by atoms with van der Waals surface area (Å²) < 4.78 is 14.0. The first-order valence-corrected chi connectivity index (χ1v) is 12.8. The van der Waals surface area contributed by atoms with Gasteiger partial charge in [0.05, 0.1) is 11.0 Å². The molecule has 32 heavy (non-hydrogen) atoms. The Kier molecular flexibility index (Phi) is 4.90. The van der Waals surface area contributed by atoms with Crippen molar-refractivity contribution in [2.45, 2.75) is 64.3 Å². The van der Waals surface area contributed by atoms with Gasteiger partial charge in [0.25, 0.3) is 5.91 Å². The van der Waals surface area contributed by atoms with Gasteiger partial charge < -0.3 is 10.6 Å². The normalized spacial score (nSPS) is 29.7. The molecule has 5 aliphatic carbocycles. The van der Waals surface area contributed by atoms with Crippen molar-refractivity contribution in [3.8, 4) is 0 Å². The Balaban J connectivity index is 1.26. The Morgan fingerprint density at radius 3 is 2.59 bits per heavy atom. The molecule has 1 aromatic carbocycles. The highest BCUT2D eigenvalue weighted by molar-refractivity contribution is 7.17. The number of anilines is 1. The highest BCUT2D eigenvalue weighted by Gasteiger charge is 2.61. The zero-order valence-electron chi connectivity index (χ0n) is 18.2. The molecular weight excluding hydrogens is 423 g/mol. The molecule has 0 spiro atoms. The maximum atomic E-state index is 14.0. The standard InChI is InChI=1S/C26H29FN2O2S/c27-20-7-3-1-5-17(20)14-28-23(30)22-19-6-2-4-8-21(19)32-24(22)29-25(31)26-12-15-9-16(13-26)11-18(26)10-15/h1,3,5,7,15-16,18H,2,4,6,8-14H2,(H,28,30)(H,29,31). The van der Waals surface area contributed by atoms with E-state index >= 15 is 0 Å². The molecule has 2 aromatic rings. The molecule has 2 unspecified atom stereocenters. The van der Waals surface area contributed by atoms with Crippen molar-refractivity contribution in [2.24, 2.45) is 23.2 Å². The molecule has 0 radical (unpaired) electrons. The van der Waals surface area contributed by atoms with Gasteiger partial charge in [0.15, 0.2) is 0 Å². The lowest BCUT2D eigenvalue weighted by molar-refractivity contribution is -0.127. The number of benzene rings is 1. The van der Waals surface area contributed by atoms with E-state index in [0.717, 1.165) is 44.1 Å². The van der Waals surface area contributed by atoms with Crippen LogP contribution >= 0.6 is 11.3 Å². The molecule has 168 valence electrons. The number of carbonyl (C=O) groups excluding carboxylic acids is 2. The Hall–Kier alpha value is -2.21. The molecular formula is C26H29FN2O2S. The lowest BCUT2D eigenvalue weighted by atomic mass is 9.75. The number of nitrogens with one attached hydrogen (secondary N) is 2. The van der Waals surface area contributed by atoms with E-state index in [2.05, 4.69) is 10.6 Å². The minimum absolute atomic E-state index is 0.133. The molecule has 2 N–H and O–H groups in total. The van der Waals surface area contributed by atoms with Gasteiger partial charge in [-0.3, -0.25) is 9.59 Å². The Morgan fingerprint density at radius 2 is 1.81 bits per heavy atom. The highest BCUT2D eigenvalue weighted by atomic mass is 32.1. The predicted molar refractivity (Wildman–Crippen MR) is 123 cm³/mol. The maximum absolute atomic E-state index is 14.0. The van der Waals surface area contributed by atoms with Crippen LogP contribution in [0.1, 0.15) is 71.3 Å². The number of thiophene rings is 1. The fraction of sp³-hybridized carbons (Fsp3) is 0.538. The minimum atomic E-state index is -0.320. The average Bonchev–Trinajstić information content (AvgIpc) is 3.36. The molecule has 5 aliphatic rings. The number of amides is 2. The monoisotopic (exact) mass is 452 g/mol. The highest BCUT2D eigenvalue weighted by Crippen LogP contribution is 2.65. The van der Waals surface area contributed by atoms with Crippen LogP contribution in [0.3, 0.4) is 0 Å². The van der Waals surface area contributed by atoms with Crippen LogP contribution in [0.5, 0.6) is 0 Å². The van der Waals surface area contributed by atoms with E-state index in [1.807, 2.05) is 0 Å². The van der Waals surface area contributed by atoms with E-state index in [0.29, 0.717) is 33.9 Å². The first kappa shape index (κ1) is 20.4. The summed E-state index contributed by atoms with van der Waals surface area (Å²) in [6.07, 6.45) is 9.71. The van der Waals surface area contributed by atoms with E-state index in [1.54, 1.807) is 29.5 Å². The summed E-state index contributed by atoms with van der Waals surface area (Å²) >= 11 is 1.58. The van der Waals surface area contributed by atoms with Crippen LogP contribution in [-0.4, -0.2) is 11.8 Å². The van der Waals surface area contributed by atoms with Crippen molar-refractivity contribution in [1.29, 1.82) is 0 Å². The van der Waals surface area contributed by atoms with Crippen molar-refractivity contribution in [2.75, 3.05) is 5.32 Å². The van der Waals surface area contributed by atoms with Gasteiger partial charge in [0, 0.05) is 17.0 Å². The van der Waals surface area contributed by atoms with Gasteiger partial charge in [-0.15, -0.1) is 11.3 Å². The molecule has 1 heterocycles. The molecule has 6 heteroatoms. The van der Waals surface area contributed by atoms with Crippen LogP contribution in [0.2, 0.25) is 0 Å². The van der Waals surface area contributed by atoms with Crippen molar-refractivity contribution in [3.05, 3.63) is 51.7 Å². The Morgan fingerprint density at radius 1 is 1.06 bits per heavy atom. The van der Waals surface area contributed by atoms with Gasteiger partial charge in [-0.25, -0.2) is 4.39 Å². The largest absolute Gasteiger partial charge is 0.348 e. The summed E-state index contributed by atoms with van der Waals surface area (Å²) in [7, 11) is 0. The topological polar surface area (TPSA) is 58.2 Å². The van der Waals surface area contributed by atoms with E-state index in [-0.39, 0.29) is 29.6 Å². The number of carbonyl (C=O) groups is 2. The zero-order valence-corrected chi connectivity index (χ0v) is 19.0. The van der Waals surface area contributed by atoms with Gasteiger partial charge in [-0.2, -0.15) is 0 Å². The van der Waals surface area contributed by atoms with Crippen LogP contribution < -0.4 is 10.6 Å². The molecule has 2 atom stereocenters. The number of halogens is 1. The van der Waals surface area contributed by atoms with Crippen molar-refractivity contribution in [1.82, 2.24) is 5.32 Å². The SMILES string of the molecule is O=C(NCc1ccccc1F)c1c(NC(=O)C23CC4CC(CC2C4)C3)sc2c1CCCC2.